The van der Waals surface area contributed by atoms with E-state index in [0.717, 1.165) is 23.6 Å². The molecular weight excluding hydrogens is 487 g/mol. The van der Waals surface area contributed by atoms with Crippen LogP contribution in [0, 0.1) is 13.8 Å². The van der Waals surface area contributed by atoms with Crippen molar-refractivity contribution >= 4 is 22.6 Å². The van der Waals surface area contributed by atoms with Gasteiger partial charge in [-0.1, -0.05) is 12.1 Å². The minimum atomic E-state index is -4.59. The number of carbonyl (C=O) groups excluding carboxylic acids is 1. The summed E-state index contributed by atoms with van der Waals surface area (Å²) in [7, 11) is 0. The predicted molar refractivity (Wildman–Crippen MR) is 130 cm³/mol. The van der Waals surface area contributed by atoms with E-state index >= 15 is 0 Å². The first kappa shape index (κ1) is 24.2. The van der Waals surface area contributed by atoms with E-state index in [1.54, 1.807) is 47.5 Å². The number of rotatable bonds is 5. The fourth-order valence-electron chi connectivity index (χ4n) is 4.30. The molecule has 0 spiro atoms. The van der Waals surface area contributed by atoms with Gasteiger partial charge >= 0.3 is 11.9 Å². The summed E-state index contributed by atoms with van der Waals surface area (Å²) in [6.45, 7) is 3.93. The van der Waals surface area contributed by atoms with Crippen molar-refractivity contribution in [1.29, 1.82) is 0 Å². The number of benzene rings is 1. The molecule has 0 bridgehead atoms. The Kier molecular flexibility index (Phi) is 5.81. The Morgan fingerprint density at radius 2 is 1.89 bits per heavy atom. The third-order valence-corrected chi connectivity index (χ3v) is 6.20. The Labute approximate surface area is 208 Å². The van der Waals surface area contributed by atoms with Crippen LogP contribution in [0.3, 0.4) is 0 Å². The number of hydrogen-bond acceptors (Lipinski definition) is 5. The van der Waals surface area contributed by atoms with Gasteiger partial charge < -0.3 is 5.32 Å². The normalized spacial score (nSPS) is 12.8. The van der Waals surface area contributed by atoms with Crippen LogP contribution in [0.5, 0.6) is 0 Å². The predicted octanol–water partition coefficient (Wildman–Crippen LogP) is 3.58. The number of hydrogen-bond donors (Lipinski definition) is 1. The van der Waals surface area contributed by atoms with Gasteiger partial charge in [0.05, 0.1) is 40.4 Å². The van der Waals surface area contributed by atoms with E-state index in [1.165, 1.54) is 9.13 Å². The summed E-state index contributed by atoms with van der Waals surface area (Å²) in [6.07, 6.45) is 2.06. The largest absolute Gasteiger partial charge is 0.408 e. The van der Waals surface area contributed by atoms with E-state index in [9.17, 15) is 22.8 Å². The smallest absolute Gasteiger partial charge is 0.343 e. The molecular formula is C25H22F3N7O2. The first-order valence-electron chi connectivity index (χ1n) is 11.4. The Morgan fingerprint density at radius 1 is 1.11 bits per heavy atom. The van der Waals surface area contributed by atoms with Crippen LogP contribution in [-0.4, -0.2) is 46.8 Å². The number of aromatic nitrogens is 6. The van der Waals surface area contributed by atoms with Crippen molar-refractivity contribution in [3.05, 3.63) is 76.7 Å². The number of alkyl halides is 3. The number of amides is 1. The van der Waals surface area contributed by atoms with Crippen molar-refractivity contribution in [2.75, 3.05) is 0 Å². The molecule has 1 N–H and O–H groups in total. The van der Waals surface area contributed by atoms with Crippen LogP contribution in [0.2, 0.25) is 0 Å². The standard InChI is InChI=1S/C25H22F3N7O2/c1-14-6-4-7-19-22(14)35(24(37)33(19)13-21(36)32-16(3)25(26,27)28)20-12-30-18(10-15(20)2)17-11-31-34-9-5-8-29-23(17)34/h4-12,16H,13H2,1-3H3,(H,32,36)/t16-/m1/s1. The highest BCUT2D eigenvalue weighted by Gasteiger charge is 2.37. The van der Waals surface area contributed by atoms with Crippen molar-refractivity contribution in [2.24, 2.45) is 0 Å². The molecule has 5 aromatic rings. The monoisotopic (exact) mass is 509 g/mol. The van der Waals surface area contributed by atoms with Gasteiger partial charge in [-0.25, -0.2) is 14.3 Å². The lowest BCUT2D eigenvalue weighted by molar-refractivity contribution is -0.158. The fourth-order valence-corrected chi connectivity index (χ4v) is 4.30. The van der Waals surface area contributed by atoms with Gasteiger partial charge in [0.1, 0.15) is 12.6 Å². The molecule has 0 aliphatic rings. The van der Waals surface area contributed by atoms with E-state index in [-0.39, 0.29) is 0 Å². The van der Waals surface area contributed by atoms with E-state index in [2.05, 4.69) is 15.1 Å². The van der Waals surface area contributed by atoms with Crippen LogP contribution >= 0.6 is 0 Å². The number of aryl methyl sites for hydroxylation is 2. The minimum absolute atomic E-state index is 0.426. The zero-order valence-corrected chi connectivity index (χ0v) is 20.1. The molecule has 0 saturated heterocycles. The molecule has 37 heavy (non-hydrogen) atoms. The topological polar surface area (TPSA) is 99.1 Å². The van der Waals surface area contributed by atoms with Crippen molar-refractivity contribution < 1.29 is 18.0 Å². The molecule has 4 aromatic heterocycles. The van der Waals surface area contributed by atoms with Gasteiger partial charge in [-0.3, -0.25) is 18.9 Å². The number of para-hydroxylation sites is 1. The molecule has 1 amide bonds. The molecule has 1 aromatic carbocycles. The molecule has 0 aliphatic heterocycles. The van der Waals surface area contributed by atoms with Crippen LogP contribution in [-0.2, 0) is 11.3 Å². The molecule has 0 unspecified atom stereocenters. The number of imidazole rings is 1. The van der Waals surface area contributed by atoms with Crippen LogP contribution in [0.4, 0.5) is 13.2 Å². The quantitative estimate of drug-likeness (QED) is 0.391. The molecule has 0 aliphatic carbocycles. The summed E-state index contributed by atoms with van der Waals surface area (Å²) in [5.41, 5.74) is 4.34. The van der Waals surface area contributed by atoms with Crippen LogP contribution in [0.1, 0.15) is 18.1 Å². The number of nitrogens with zero attached hydrogens (tertiary/aromatic N) is 6. The second kappa shape index (κ2) is 8.87. The first-order chi connectivity index (χ1) is 17.6. The lowest BCUT2D eigenvalue weighted by Gasteiger charge is -2.17. The highest BCUT2D eigenvalue weighted by atomic mass is 19.4. The van der Waals surface area contributed by atoms with Gasteiger partial charge in [0.15, 0.2) is 5.65 Å². The molecule has 190 valence electrons. The highest BCUT2D eigenvalue weighted by molar-refractivity contribution is 5.85. The summed E-state index contributed by atoms with van der Waals surface area (Å²) in [4.78, 5) is 34.9. The second-order valence-electron chi connectivity index (χ2n) is 8.78. The molecule has 0 saturated carbocycles. The molecule has 4 heterocycles. The van der Waals surface area contributed by atoms with Crippen molar-refractivity contribution in [1.82, 2.24) is 34.0 Å². The highest BCUT2D eigenvalue weighted by Crippen LogP contribution is 2.27. The Bertz CT molecular complexity index is 1720. The Hall–Kier alpha value is -4.48. The van der Waals surface area contributed by atoms with Crippen LogP contribution in [0.15, 0.2) is 59.9 Å². The summed E-state index contributed by atoms with van der Waals surface area (Å²) in [5, 5.41) is 6.20. The average Bonchev–Trinajstić information content (AvgIpc) is 3.39. The third-order valence-electron chi connectivity index (χ3n) is 6.20. The van der Waals surface area contributed by atoms with Crippen LogP contribution in [0.25, 0.3) is 33.6 Å². The lowest BCUT2D eigenvalue weighted by Crippen LogP contribution is -2.45. The van der Waals surface area contributed by atoms with Gasteiger partial charge in [-0.15, -0.1) is 0 Å². The molecule has 1 atom stereocenters. The van der Waals surface area contributed by atoms with Gasteiger partial charge in [0, 0.05) is 12.4 Å². The van der Waals surface area contributed by atoms with E-state index in [1.807, 2.05) is 31.3 Å². The number of carbonyl (C=O) groups is 1. The summed E-state index contributed by atoms with van der Waals surface area (Å²) in [6, 6.07) is 6.73. The number of pyridine rings is 1. The SMILES string of the molecule is Cc1cc(-c2cnn3cccnc23)ncc1-n1c(=O)n(CC(=O)N[C@H](C)C(F)(F)F)c2cccc(C)c21. The molecule has 0 radical (unpaired) electrons. The minimum Gasteiger partial charge on any atom is -0.343 e. The first-order valence-corrected chi connectivity index (χ1v) is 11.4. The second-order valence-corrected chi connectivity index (χ2v) is 8.78. The number of fused-ring (bicyclic) bond motifs is 2. The van der Waals surface area contributed by atoms with E-state index in [4.69, 9.17) is 0 Å². The maximum atomic E-state index is 13.6. The summed E-state index contributed by atoms with van der Waals surface area (Å²) < 4.78 is 43.0. The van der Waals surface area contributed by atoms with Gasteiger partial charge in [0.2, 0.25) is 5.91 Å². The molecule has 12 heteroatoms. The van der Waals surface area contributed by atoms with Crippen LogP contribution < -0.4 is 11.0 Å². The summed E-state index contributed by atoms with van der Waals surface area (Å²) in [5.74, 6) is -0.918. The van der Waals surface area contributed by atoms with Gasteiger partial charge in [0.25, 0.3) is 0 Å². The third kappa shape index (κ3) is 4.24. The zero-order chi connectivity index (χ0) is 26.5. The number of halogens is 3. The van der Waals surface area contributed by atoms with Gasteiger partial charge in [-0.05, 0) is 50.1 Å². The number of nitrogens with one attached hydrogen (secondary N) is 1. The average molecular weight is 509 g/mol. The van der Waals surface area contributed by atoms with Crippen molar-refractivity contribution in [3.8, 4) is 16.9 Å². The molecule has 0 fully saturated rings. The Balaban J connectivity index is 1.59. The zero-order valence-electron chi connectivity index (χ0n) is 20.1. The summed E-state index contributed by atoms with van der Waals surface area (Å²) >= 11 is 0. The molecule has 5 rings (SSSR count). The Morgan fingerprint density at radius 3 is 2.62 bits per heavy atom. The van der Waals surface area contributed by atoms with E-state index < -0.39 is 30.4 Å². The van der Waals surface area contributed by atoms with Crippen molar-refractivity contribution in [3.63, 3.8) is 0 Å². The van der Waals surface area contributed by atoms with Crippen molar-refractivity contribution in [2.45, 2.75) is 39.5 Å². The fraction of sp³-hybridized carbons (Fsp3) is 0.240. The van der Waals surface area contributed by atoms with E-state index in [0.29, 0.717) is 28.1 Å². The van der Waals surface area contributed by atoms with Gasteiger partial charge in [-0.2, -0.15) is 18.3 Å². The maximum absolute atomic E-state index is 13.6. The molecule has 9 nitrogen and oxygen atoms in total. The maximum Gasteiger partial charge on any atom is 0.408 e. The lowest BCUT2D eigenvalue weighted by atomic mass is 10.1.